The lowest BCUT2D eigenvalue weighted by Gasteiger charge is -2.16. The van der Waals surface area contributed by atoms with Crippen LogP contribution in [0, 0.1) is 0 Å². The van der Waals surface area contributed by atoms with Gasteiger partial charge in [-0.3, -0.25) is 15.8 Å². The monoisotopic (exact) mass is 134 g/mol. The summed E-state index contributed by atoms with van der Waals surface area (Å²) >= 11 is 0. The maximum atomic E-state index is 9.82. The molecule has 5 nitrogen and oxygen atoms in total. The van der Waals surface area contributed by atoms with Crippen molar-refractivity contribution in [1.29, 1.82) is 0 Å². The first-order valence-electron chi connectivity index (χ1n) is 2.40. The molecule has 0 radical (unpaired) electrons. The normalized spacial score (nSPS) is 16.8. The summed E-state index contributed by atoms with van der Waals surface area (Å²) in [4.78, 5) is 9.82. The largest absolute Gasteiger partial charge is 0.480 e. The fourth-order valence-electron chi connectivity index (χ4n) is 0.255. The third-order valence-electron chi connectivity index (χ3n) is 0.598. The molecule has 0 spiro atoms. The van der Waals surface area contributed by atoms with Gasteiger partial charge in [0.2, 0.25) is 0 Å². The highest BCUT2D eigenvalue weighted by Crippen LogP contribution is 1.81. The van der Waals surface area contributed by atoms with Crippen LogP contribution in [0.3, 0.4) is 0 Å². The fourth-order valence-corrected chi connectivity index (χ4v) is 0.255. The van der Waals surface area contributed by atoms with E-state index in [4.69, 9.17) is 15.9 Å². The SMILES string of the molecule is CC(N)(O)NCC(=O)O. The molecule has 1 atom stereocenters. The van der Waals surface area contributed by atoms with Crippen LogP contribution in [0.1, 0.15) is 6.92 Å². The first-order valence-corrected chi connectivity index (χ1v) is 2.40. The number of nitrogens with two attached hydrogens (primary N) is 1. The topological polar surface area (TPSA) is 95.6 Å². The Morgan fingerprint density at radius 3 is 2.44 bits per heavy atom. The fraction of sp³-hybridized carbons (Fsp3) is 0.750. The van der Waals surface area contributed by atoms with E-state index in [9.17, 15) is 4.79 Å². The molecule has 5 N–H and O–H groups in total. The Hall–Kier alpha value is -0.650. The molecule has 0 aromatic rings. The number of hydrogen-bond donors (Lipinski definition) is 4. The van der Waals surface area contributed by atoms with E-state index in [2.05, 4.69) is 5.32 Å². The molecule has 0 heterocycles. The summed E-state index contributed by atoms with van der Waals surface area (Å²) in [5, 5.41) is 18.9. The molecule has 1 unspecified atom stereocenters. The predicted molar refractivity (Wildman–Crippen MR) is 30.4 cm³/mol. The van der Waals surface area contributed by atoms with Crippen molar-refractivity contribution >= 4 is 5.97 Å². The summed E-state index contributed by atoms with van der Waals surface area (Å²) in [7, 11) is 0. The molecule has 0 aliphatic carbocycles. The minimum atomic E-state index is -1.60. The Balaban J connectivity index is 3.39. The van der Waals surface area contributed by atoms with Gasteiger partial charge in [0.15, 0.2) is 5.85 Å². The van der Waals surface area contributed by atoms with Crippen molar-refractivity contribution in [3.05, 3.63) is 0 Å². The van der Waals surface area contributed by atoms with E-state index in [1.807, 2.05) is 0 Å². The van der Waals surface area contributed by atoms with Gasteiger partial charge in [0.1, 0.15) is 0 Å². The Bertz CT molecular complexity index is 107. The van der Waals surface area contributed by atoms with Crippen molar-refractivity contribution in [2.75, 3.05) is 6.54 Å². The smallest absolute Gasteiger partial charge is 0.317 e. The summed E-state index contributed by atoms with van der Waals surface area (Å²) < 4.78 is 0. The molecule has 0 fully saturated rings. The zero-order chi connectivity index (χ0) is 7.49. The summed E-state index contributed by atoms with van der Waals surface area (Å²) in [6.45, 7) is 0.916. The van der Waals surface area contributed by atoms with Crippen LogP contribution < -0.4 is 11.1 Å². The minimum absolute atomic E-state index is 0.344. The van der Waals surface area contributed by atoms with Crippen LogP contribution >= 0.6 is 0 Å². The van der Waals surface area contributed by atoms with Crippen LogP contribution in [0.4, 0.5) is 0 Å². The molecule has 0 amide bonds. The van der Waals surface area contributed by atoms with E-state index in [1.165, 1.54) is 6.92 Å². The van der Waals surface area contributed by atoms with E-state index < -0.39 is 11.8 Å². The van der Waals surface area contributed by atoms with E-state index in [0.29, 0.717) is 0 Å². The molecule has 0 aliphatic heterocycles. The van der Waals surface area contributed by atoms with Crippen LogP contribution in [0.2, 0.25) is 0 Å². The molecule has 0 aliphatic rings. The number of carboxylic acid groups (broad SMARTS) is 1. The summed E-state index contributed by atoms with van der Waals surface area (Å²) in [5.41, 5.74) is 4.96. The molecule has 0 bridgehead atoms. The van der Waals surface area contributed by atoms with Gasteiger partial charge in [-0.25, -0.2) is 0 Å². The van der Waals surface area contributed by atoms with Gasteiger partial charge in [-0.15, -0.1) is 0 Å². The minimum Gasteiger partial charge on any atom is -0.480 e. The Labute approximate surface area is 52.5 Å². The van der Waals surface area contributed by atoms with Gasteiger partial charge in [-0.1, -0.05) is 0 Å². The molecule has 54 valence electrons. The lowest BCUT2D eigenvalue weighted by molar-refractivity contribution is -0.137. The molecular formula is C4H10N2O3. The summed E-state index contributed by atoms with van der Waals surface area (Å²) in [6.07, 6.45) is 0. The Morgan fingerprint density at radius 2 is 2.33 bits per heavy atom. The highest BCUT2D eigenvalue weighted by molar-refractivity contribution is 5.69. The number of nitrogens with one attached hydrogen (secondary N) is 1. The van der Waals surface area contributed by atoms with Crippen molar-refractivity contribution in [2.45, 2.75) is 12.8 Å². The van der Waals surface area contributed by atoms with Crippen molar-refractivity contribution in [1.82, 2.24) is 5.32 Å². The molecule has 0 rings (SSSR count). The van der Waals surface area contributed by atoms with Crippen LogP contribution in [0.15, 0.2) is 0 Å². The molecule has 9 heavy (non-hydrogen) atoms. The van der Waals surface area contributed by atoms with Gasteiger partial charge in [0.05, 0.1) is 6.54 Å². The zero-order valence-corrected chi connectivity index (χ0v) is 5.09. The van der Waals surface area contributed by atoms with Crippen LogP contribution in [-0.4, -0.2) is 28.6 Å². The lowest BCUT2D eigenvalue weighted by Crippen LogP contribution is -2.52. The van der Waals surface area contributed by atoms with Gasteiger partial charge in [-0.05, 0) is 6.92 Å². The van der Waals surface area contributed by atoms with E-state index >= 15 is 0 Å². The predicted octanol–water partition coefficient (Wildman–Crippen LogP) is -1.71. The zero-order valence-electron chi connectivity index (χ0n) is 5.09. The lowest BCUT2D eigenvalue weighted by atomic mass is 10.5. The third-order valence-corrected chi connectivity index (χ3v) is 0.598. The number of hydrogen-bond acceptors (Lipinski definition) is 4. The Morgan fingerprint density at radius 1 is 1.89 bits per heavy atom. The van der Waals surface area contributed by atoms with Gasteiger partial charge < -0.3 is 10.2 Å². The van der Waals surface area contributed by atoms with Crippen molar-refractivity contribution in [3.8, 4) is 0 Å². The summed E-state index contributed by atoms with van der Waals surface area (Å²) in [5.74, 6) is -2.65. The number of carbonyl (C=O) groups is 1. The summed E-state index contributed by atoms with van der Waals surface area (Å²) in [6, 6.07) is 0. The highest BCUT2D eigenvalue weighted by atomic mass is 16.4. The number of aliphatic carboxylic acids is 1. The standard InChI is InChI=1S/C4H10N2O3/c1-4(5,9)6-2-3(7)8/h6,9H,2,5H2,1H3,(H,7,8). The van der Waals surface area contributed by atoms with E-state index in [1.54, 1.807) is 0 Å². The molecule has 0 saturated carbocycles. The first kappa shape index (κ1) is 8.35. The maximum Gasteiger partial charge on any atom is 0.317 e. The van der Waals surface area contributed by atoms with Crippen molar-refractivity contribution in [3.63, 3.8) is 0 Å². The third kappa shape index (κ3) is 7.35. The van der Waals surface area contributed by atoms with Gasteiger partial charge in [0.25, 0.3) is 0 Å². The second-order valence-electron chi connectivity index (χ2n) is 1.89. The highest BCUT2D eigenvalue weighted by Gasteiger charge is 2.12. The molecule has 0 aromatic carbocycles. The van der Waals surface area contributed by atoms with Gasteiger partial charge >= 0.3 is 5.97 Å². The Kier molecular flexibility index (Phi) is 2.57. The van der Waals surface area contributed by atoms with Crippen LogP contribution in [0.25, 0.3) is 0 Å². The van der Waals surface area contributed by atoms with Crippen molar-refractivity contribution in [2.24, 2.45) is 5.73 Å². The second kappa shape index (κ2) is 2.77. The first-order chi connectivity index (χ1) is 3.92. The quantitative estimate of drug-likeness (QED) is 0.344. The molecule has 0 saturated heterocycles. The average Bonchev–Trinajstić information content (AvgIpc) is 1.59. The van der Waals surface area contributed by atoms with E-state index in [0.717, 1.165) is 0 Å². The number of aliphatic hydroxyl groups is 1. The average molecular weight is 134 g/mol. The van der Waals surface area contributed by atoms with Crippen LogP contribution in [0.5, 0.6) is 0 Å². The molecular weight excluding hydrogens is 124 g/mol. The van der Waals surface area contributed by atoms with Crippen molar-refractivity contribution < 1.29 is 15.0 Å². The molecule has 5 heteroatoms. The van der Waals surface area contributed by atoms with Crippen LogP contribution in [-0.2, 0) is 4.79 Å². The second-order valence-corrected chi connectivity index (χ2v) is 1.89. The van der Waals surface area contributed by atoms with Gasteiger partial charge in [0, 0.05) is 0 Å². The van der Waals surface area contributed by atoms with E-state index in [-0.39, 0.29) is 6.54 Å². The number of carboxylic acids is 1. The molecule has 0 aromatic heterocycles. The number of rotatable bonds is 3. The maximum absolute atomic E-state index is 9.82. The van der Waals surface area contributed by atoms with Gasteiger partial charge in [-0.2, -0.15) is 0 Å².